The van der Waals surface area contributed by atoms with Gasteiger partial charge in [0.25, 0.3) is 0 Å². The highest BCUT2D eigenvalue weighted by Crippen LogP contribution is 2.41. The highest BCUT2D eigenvalue weighted by molar-refractivity contribution is 7.59. The van der Waals surface area contributed by atoms with Crippen molar-refractivity contribution in [2.75, 3.05) is 18.9 Å². The molecule has 0 saturated heterocycles. The molecule has 4 atom stereocenters. The molecule has 0 rings (SSSR count). The average Bonchev–Trinajstić information content (AvgIpc) is 2.69. The summed E-state index contributed by atoms with van der Waals surface area (Å²) in [4.78, 5) is 60.2. The van der Waals surface area contributed by atoms with Crippen molar-refractivity contribution in [2.45, 2.75) is 93.3 Å². The number of amides is 4. The maximum absolute atomic E-state index is 13.0. The summed E-state index contributed by atoms with van der Waals surface area (Å²) in [6.07, 6.45) is 0.136. The molecule has 0 fully saturated rings. The van der Waals surface area contributed by atoms with E-state index in [0.717, 1.165) is 6.42 Å². The molecule has 0 aromatic rings. The first-order chi connectivity index (χ1) is 16.4. The van der Waals surface area contributed by atoms with E-state index in [1.54, 1.807) is 13.8 Å². The van der Waals surface area contributed by atoms with Crippen LogP contribution in [0.1, 0.15) is 75.2 Å². The highest BCUT2D eigenvalue weighted by Gasteiger charge is 2.33. The molecule has 0 heterocycles. The summed E-state index contributed by atoms with van der Waals surface area (Å²) >= 11 is 0. The van der Waals surface area contributed by atoms with Crippen LogP contribution in [0.2, 0.25) is 0 Å². The Kier molecular flexibility index (Phi) is 15.2. The molecule has 1 unspecified atom stereocenters. The Labute approximate surface area is 217 Å². The van der Waals surface area contributed by atoms with E-state index in [4.69, 9.17) is 0 Å². The van der Waals surface area contributed by atoms with Gasteiger partial charge in [-0.3, -0.25) is 23.7 Å². The van der Waals surface area contributed by atoms with E-state index in [2.05, 4.69) is 21.3 Å². The first-order valence-electron chi connectivity index (χ1n) is 12.9. The highest BCUT2D eigenvalue weighted by atomic mass is 31.2. The van der Waals surface area contributed by atoms with E-state index < -0.39 is 43.5 Å². The van der Waals surface area contributed by atoms with Crippen LogP contribution >= 0.6 is 7.37 Å². The van der Waals surface area contributed by atoms with Crippen molar-refractivity contribution in [2.24, 2.45) is 23.7 Å². The summed E-state index contributed by atoms with van der Waals surface area (Å²) in [6, 6.07) is -2.30. The van der Waals surface area contributed by atoms with Crippen molar-refractivity contribution in [1.29, 1.82) is 0 Å². The fourth-order valence-electron chi connectivity index (χ4n) is 3.42. The second-order valence-corrected chi connectivity index (χ2v) is 13.6. The average molecular weight is 533 g/mol. The Hall–Kier alpha value is -1.93. The molecule has 0 aliphatic carbocycles. The Morgan fingerprint density at radius 3 is 1.81 bits per heavy atom. The zero-order valence-electron chi connectivity index (χ0n) is 23.5. The van der Waals surface area contributed by atoms with Crippen molar-refractivity contribution in [1.82, 2.24) is 21.3 Å². The molecule has 0 aliphatic heterocycles. The van der Waals surface area contributed by atoms with Crippen molar-refractivity contribution < 1.29 is 28.6 Å². The summed E-state index contributed by atoms with van der Waals surface area (Å²) in [5.74, 6) is -1.54. The van der Waals surface area contributed by atoms with Crippen LogP contribution < -0.4 is 21.3 Å². The molecular weight excluding hydrogens is 483 g/mol. The SMILES string of the molecule is CC(C)CCNC(=O)[C@H](C)NC(=O)CP(=O)(O)C[C@H](NC(=O)[C@@H](NC(=O)CC(C)C)C(C)C)C(C)C. The van der Waals surface area contributed by atoms with Gasteiger partial charge in [-0.05, 0) is 37.0 Å². The summed E-state index contributed by atoms with van der Waals surface area (Å²) in [7, 11) is -3.98. The predicted octanol–water partition coefficient (Wildman–Crippen LogP) is 2.25. The van der Waals surface area contributed by atoms with Gasteiger partial charge in [-0.15, -0.1) is 0 Å². The third-order valence-corrected chi connectivity index (χ3v) is 7.40. The number of carbonyl (C=O) groups excluding carboxylic acids is 4. The van der Waals surface area contributed by atoms with E-state index in [9.17, 15) is 28.6 Å². The molecule has 0 saturated carbocycles. The van der Waals surface area contributed by atoms with Gasteiger partial charge in [-0.2, -0.15) is 0 Å². The minimum absolute atomic E-state index is 0.143. The van der Waals surface area contributed by atoms with E-state index in [0.29, 0.717) is 18.9 Å². The van der Waals surface area contributed by atoms with Gasteiger partial charge in [-0.1, -0.05) is 55.4 Å². The van der Waals surface area contributed by atoms with Gasteiger partial charge in [0.2, 0.25) is 31.0 Å². The largest absolute Gasteiger partial charge is 0.354 e. The van der Waals surface area contributed by atoms with E-state index in [-0.39, 0.29) is 35.7 Å². The predicted molar refractivity (Wildman–Crippen MR) is 143 cm³/mol. The van der Waals surface area contributed by atoms with Crippen LogP contribution in [-0.4, -0.2) is 65.5 Å². The maximum Gasteiger partial charge on any atom is 0.243 e. The van der Waals surface area contributed by atoms with Crippen molar-refractivity contribution >= 4 is 31.0 Å². The van der Waals surface area contributed by atoms with E-state index in [1.807, 2.05) is 41.5 Å². The van der Waals surface area contributed by atoms with E-state index in [1.165, 1.54) is 6.92 Å². The topological polar surface area (TPSA) is 154 Å². The van der Waals surface area contributed by atoms with Crippen LogP contribution in [0.5, 0.6) is 0 Å². The molecule has 0 radical (unpaired) electrons. The molecule has 10 nitrogen and oxygen atoms in total. The second kappa shape index (κ2) is 16.0. The first-order valence-corrected chi connectivity index (χ1v) is 15.0. The molecule has 0 bridgehead atoms. The number of rotatable bonds is 16. The van der Waals surface area contributed by atoms with Crippen molar-refractivity contribution in [3.63, 3.8) is 0 Å². The smallest absolute Gasteiger partial charge is 0.243 e. The summed E-state index contributed by atoms with van der Waals surface area (Å²) < 4.78 is 12.9. The Balaban J connectivity index is 5.08. The van der Waals surface area contributed by atoms with Crippen LogP contribution in [0, 0.1) is 23.7 Å². The first kappa shape index (κ1) is 34.1. The Morgan fingerprint density at radius 1 is 0.750 bits per heavy atom. The lowest BCUT2D eigenvalue weighted by Gasteiger charge is -2.29. The van der Waals surface area contributed by atoms with Crippen LogP contribution in [0.4, 0.5) is 0 Å². The molecule has 0 aliphatic rings. The van der Waals surface area contributed by atoms with Crippen LogP contribution in [0.3, 0.4) is 0 Å². The Bertz CT molecular complexity index is 785. The summed E-state index contributed by atoms with van der Waals surface area (Å²) in [6.45, 7) is 17.1. The molecule has 11 heteroatoms. The quantitative estimate of drug-likeness (QED) is 0.192. The number of nitrogens with one attached hydrogen (secondary N) is 4. The molecule has 0 spiro atoms. The zero-order valence-corrected chi connectivity index (χ0v) is 24.4. The van der Waals surface area contributed by atoms with Crippen molar-refractivity contribution in [3.05, 3.63) is 0 Å². The van der Waals surface area contributed by atoms with Gasteiger partial charge in [0.05, 0.1) is 0 Å². The van der Waals surface area contributed by atoms with Gasteiger partial charge in [0.15, 0.2) is 0 Å². The zero-order chi connectivity index (χ0) is 28.2. The third-order valence-electron chi connectivity index (χ3n) is 5.66. The van der Waals surface area contributed by atoms with E-state index >= 15 is 0 Å². The van der Waals surface area contributed by atoms with Gasteiger partial charge < -0.3 is 26.2 Å². The maximum atomic E-state index is 13.0. The van der Waals surface area contributed by atoms with Gasteiger partial charge >= 0.3 is 0 Å². The standard InChI is InChI=1S/C25H49N4O6P/c1-15(2)10-11-26-24(32)19(9)27-22(31)14-36(34,35)13-20(17(5)6)28-25(33)23(18(7)8)29-21(30)12-16(3)4/h15-20,23H,10-14H2,1-9H3,(H,26,32)(H,27,31)(H,28,33)(H,29,30)(H,34,35)/t19-,20-,23-/m0/s1. The lowest BCUT2D eigenvalue weighted by molar-refractivity contribution is -0.131. The normalized spacial score (nSPS) is 15.8. The lowest BCUT2D eigenvalue weighted by Crippen LogP contribution is -2.54. The summed E-state index contributed by atoms with van der Waals surface area (Å²) in [5, 5.41) is 10.8. The fourth-order valence-corrected chi connectivity index (χ4v) is 5.22. The Morgan fingerprint density at radius 2 is 1.33 bits per heavy atom. The molecule has 0 aromatic carbocycles. The lowest BCUT2D eigenvalue weighted by atomic mass is 10.0. The van der Waals surface area contributed by atoms with Gasteiger partial charge in [0.1, 0.15) is 18.2 Å². The third kappa shape index (κ3) is 14.6. The minimum Gasteiger partial charge on any atom is -0.354 e. The molecule has 0 aromatic heterocycles. The monoisotopic (exact) mass is 532 g/mol. The van der Waals surface area contributed by atoms with Gasteiger partial charge in [0, 0.05) is 25.2 Å². The molecular formula is C25H49N4O6P. The summed E-state index contributed by atoms with van der Waals surface area (Å²) in [5.41, 5.74) is 0. The second-order valence-electron chi connectivity index (χ2n) is 11.2. The number of hydrogen-bond donors (Lipinski definition) is 5. The molecule has 4 amide bonds. The fraction of sp³-hybridized carbons (Fsp3) is 0.840. The molecule has 210 valence electrons. The van der Waals surface area contributed by atoms with Crippen LogP contribution in [-0.2, 0) is 23.7 Å². The molecule has 36 heavy (non-hydrogen) atoms. The number of hydrogen-bond acceptors (Lipinski definition) is 5. The minimum atomic E-state index is -3.98. The number of carbonyl (C=O) groups is 4. The van der Waals surface area contributed by atoms with Crippen molar-refractivity contribution in [3.8, 4) is 0 Å². The van der Waals surface area contributed by atoms with Crippen LogP contribution in [0.25, 0.3) is 0 Å². The van der Waals surface area contributed by atoms with Crippen LogP contribution in [0.15, 0.2) is 0 Å². The van der Waals surface area contributed by atoms with Gasteiger partial charge in [-0.25, -0.2) is 0 Å². The molecule has 5 N–H and O–H groups in total.